The summed E-state index contributed by atoms with van der Waals surface area (Å²) < 4.78 is 15.4. The fourth-order valence-corrected chi connectivity index (χ4v) is 3.69. The first-order valence-corrected chi connectivity index (χ1v) is 9.54. The van der Waals surface area contributed by atoms with Gasteiger partial charge in [-0.25, -0.2) is 4.39 Å². The second kappa shape index (κ2) is 7.25. The normalized spacial score (nSPS) is 16.2. The number of amides is 2. The molecule has 0 aliphatic carbocycles. The third-order valence-electron chi connectivity index (χ3n) is 4.81. The molecule has 0 spiro atoms. The van der Waals surface area contributed by atoms with Crippen molar-refractivity contribution in [2.45, 2.75) is 19.9 Å². The number of carbonyl (C=O) groups is 2. The number of para-hydroxylation sites is 1. The second-order valence-electron chi connectivity index (χ2n) is 7.04. The Hall–Kier alpha value is -3.32. The van der Waals surface area contributed by atoms with Gasteiger partial charge in [0.05, 0.1) is 5.69 Å². The van der Waals surface area contributed by atoms with Crippen molar-refractivity contribution in [3.05, 3.63) is 71.7 Å². The molecule has 0 radical (unpaired) electrons. The molecule has 2 heterocycles. The van der Waals surface area contributed by atoms with Crippen LogP contribution < -0.4 is 10.2 Å². The molecule has 1 aliphatic rings. The molecule has 1 fully saturated rings. The SMILES string of the molecule is CC(C)n1cc(/C=C2/C(=O)NC(=S)N(c3ccc(F)cc3)C2=O)c2ccccc21. The minimum absolute atomic E-state index is 0.0328. The minimum atomic E-state index is -0.556. The highest BCUT2D eigenvalue weighted by Gasteiger charge is 2.34. The van der Waals surface area contributed by atoms with E-state index in [0.717, 1.165) is 16.5 Å². The smallest absolute Gasteiger partial charge is 0.270 e. The number of nitrogens with zero attached hydrogens (tertiary/aromatic N) is 2. The van der Waals surface area contributed by atoms with Gasteiger partial charge in [-0.15, -0.1) is 0 Å². The number of halogens is 1. The highest BCUT2D eigenvalue weighted by Crippen LogP contribution is 2.28. The van der Waals surface area contributed by atoms with E-state index in [1.807, 2.05) is 30.5 Å². The first-order valence-electron chi connectivity index (χ1n) is 9.13. The van der Waals surface area contributed by atoms with Crippen LogP contribution in [0, 0.1) is 5.82 Å². The molecule has 5 nitrogen and oxygen atoms in total. The lowest BCUT2D eigenvalue weighted by atomic mass is 10.1. The molecular weight excluding hydrogens is 389 g/mol. The monoisotopic (exact) mass is 407 g/mol. The van der Waals surface area contributed by atoms with E-state index < -0.39 is 17.6 Å². The fraction of sp³-hybridized carbons (Fsp3) is 0.136. The van der Waals surface area contributed by atoms with Crippen molar-refractivity contribution in [2.75, 3.05) is 4.90 Å². The molecular formula is C22H18FN3O2S. The van der Waals surface area contributed by atoms with Gasteiger partial charge in [0.2, 0.25) is 0 Å². The summed E-state index contributed by atoms with van der Waals surface area (Å²) in [5, 5.41) is 3.46. The lowest BCUT2D eigenvalue weighted by molar-refractivity contribution is -0.122. The van der Waals surface area contributed by atoms with Crippen LogP contribution in [0.25, 0.3) is 17.0 Å². The average Bonchev–Trinajstić information content (AvgIpc) is 3.05. The molecule has 146 valence electrons. The number of hydrogen-bond donors (Lipinski definition) is 1. The third kappa shape index (κ3) is 3.34. The van der Waals surface area contributed by atoms with E-state index in [9.17, 15) is 14.0 Å². The maximum atomic E-state index is 13.3. The van der Waals surface area contributed by atoms with Crippen molar-refractivity contribution in [2.24, 2.45) is 0 Å². The maximum absolute atomic E-state index is 13.3. The van der Waals surface area contributed by atoms with Gasteiger partial charge >= 0.3 is 0 Å². The van der Waals surface area contributed by atoms with Crippen LogP contribution in [0.1, 0.15) is 25.5 Å². The Kier molecular flexibility index (Phi) is 4.76. The quantitative estimate of drug-likeness (QED) is 0.402. The van der Waals surface area contributed by atoms with Crippen LogP contribution in [-0.4, -0.2) is 21.5 Å². The molecule has 1 N–H and O–H groups in total. The van der Waals surface area contributed by atoms with Crippen LogP contribution in [-0.2, 0) is 9.59 Å². The van der Waals surface area contributed by atoms with Crippen molar-refractivity contribution in [1.29, 1.82) is 0 Å². The number of carbonyl (C=O) groups excluding carboxylic acids is 2. The number of nitrogens with one attached hydrogen (secondary N) is 1. The van der Waals surface area contributed by atoms with Crippen LogP contribution in [0.2, 0.25) is 0 Å². The molecule has 1 aromatic heterocycles. The zero-order chi connectivity index (χ0) is 20.7. The van der Waals surface area contributed by atoms with Gasteiger partial charge in [0.15, 0.2) is 5.11 Å². The highest BCUT2D eigenvalue weighted by molar-refractivity contribution is 7.80. The Morgan fingerprint density at radius 1 is 1.07 bits per heavy atom. The Labute approximate surface area is 172 Å². The number of rotatable bonds is 3. The number of benzene rings is 2. The predicted octanol–water partition coefficient (Wildman–Crippen LogP) is 4.19. The van der Waals surface area contributed by atoms with E-state index in [-0.39, 0.29) is 16.7 Å². The number of thiocarbonyl (C=S) groups is 1. The summed E-state index contributed by atoms with van der Waals surface area (Å²) in [4.78, 5) is 26.9. The van der Waals surface area contributed by atoms with Crippen LogP contribution in [0.15, 0.2) is 60.3 Å². The van der Waals surface area contributed by atoms with Gasteiger partial charge < -0.3 is 4.57 Å². The molecule has 0 saturated carbocycles. The molecule has 1 saturated heterocycles. The Morgan fingerprint density at radius 3 is 2.45 bits per heavy atom. The number of hydrogen-bond acceptors (Lipinski definition) is 3. The minimum Gasteiger partial charge on any atom is -0.344 e. The van der Waals surface area contributed by atoms with E-state index in [0.29, 0.717) is 5.69 Å². The number of fused-ring (bicyclic) bond motifs is 1. The number of anilines is 1. The summed E-state index contributed by atoms with van der Waals surface area (Å²) in [6.45, 7) is 4.13. The second-order valence-corrected chi connectivity index (χ2v) is 7.42. The number of aromatic nitrogens is 1. The van der Waals surface area contributed by atoms with Crippen LogP contribution in [0.5, 0.6) is 0 Å². The summed E-state index contributed by atoms with van der Waals surface area (Å²) in [5.41, 5.74) is 2.13. The van der Waals surface area contributed by atoms with Gasteiger partial charge in [0.25, 0.3) is 11.8 Å². The summed E-state index contributed by atoms with van der Waals surface area (Å²) >= 11 is 5.18. The van der Waals surface area contributed by atoms with Gasteiger partial charge in [-0.1, -0.05) is 18.2 Å². The first kappa shape index (κ1) is 19.0. The van der Waals surface area contributed by atoms with Crippen molar-refractivity contribution < 1.29 is 14.0 Å². The van der Waals surface area contributed by atoms with Crippen molar-refractivity contribution in [3.63, 3.8) is 0 Å². The summed E-state index contributed by atoms with van der Waals surface area (Å²) in [5.74, 6) is -1.53. The Balaban J connectivity index is 1.82. The molecule has 7 heteroatoms. The lowest BCUT2D eigenvalue weighted by Gasteiger charge is -2.28. The molecule has 3 aromatic rings. The summed E-state index contributed by atoms with van der Waals surface area (Å²) in [6, 6.07) is 13.4. The van der Waals surface area contributed by atoms with Gasteiger partial charge in [0, 0.05) is 28.7 Å². The first-order chi connectivity index (χ1) is 13.9. The molecule has 2 amide bonds. The average molecular weight is 407 g/mol. The van der Waals surface area contributed by atoms with Crippen molar-refractivity contribution in [3.8, 4) is 0 Å². The van der Waals surface area contributed by atoms with Gasteiger partial charge in [-0.3, -0.25) is 19.8 Å². The van der Waals surface area contributed by atoms with E-state index in [1.165, 1.54) is 29.2 Å². The fourth-order valence-electron chi connectivity index (χ4n) is 3.41. The molecule has 0 bridgehead atoms. The molecule has 29 heavy (non-hydrogen) atoms. The topological polar surface area (TPSA) is 54.3 Å². The summed E-state index contributed by atoms with van der Waals surface area (Å²) in [7, 11) is 0. The van der Waals surface area contributed by atoms with Crippen molar-refractivity contribution >= 4 is 51.8 Å². The van der Waals surface area contributed by atoms with Gasteiger partial charge in [-0.2, -0.15) is 0 Å². The molecule has 0 unspecified atom stereocenters. The van der Waals surface area contributed by atoms with Crippen LogP contribution in [0.4, 0.5) is 10.1 Å². The maximum Gasteiger partial charge on any atom is 0.270 e. The van der Waals surface area contributed by atoms with E-state index in [2.05, 4.69) is 23.7 Å². The molecule has 2 aromatic carbocycles. The summed E-state index contributed by atoms with van der Waals surface area (Å²) in [6.07, 6.45) is 3.51. The Bertz CT molecular complexity index is 1180. The molecule has 0 atom stereocenters. The zero-order valence-corrected chi connectivity index (χ0v) is 16.7. The van der Waals surface area contributed by atoms with E-state index >= 15 is 0 Å². The molecule has 4 rings (SSSR count). The predicted molar refractivity (Wildman–Crippen MR) is 115 cm³/mol. The van der Waals surface area contributed by atoms with Crippen LogP contribution >= 0.6 is 12.2 Å². The van der Waals surface area contributed by atoms with Gasteiger partial charge in [-0.05, 0) is 62.5 Å². The third-order valence-corrected chi connectivity index (χ3v) is 5.10. The zero-order valence-electron chi connectivity index (χ0n) is 15.8. The highest BCUT2D eigenvalue weighted by atomic mass is 32.1. The lowest BCUT2D eigenvalue weighted by Crippen LogP contribution is -2.54. The van der Waals surface area contributed by atoms with E-state index in [1.54, 1.807) is 6.08 Å². The standard InChI is InChI=1S/C22H18FN3O2S/c1-13(2)25-12-14(17-5-3-4-6-19(17)25)11-18-20(27)24-22(29)26(21(18)28)16-9-7-15(23)8-10-16/h3-13H,1-2H3,(H,24,27,29)/b18-11-. The van der Waals surface area contributed by atoms with E-state index in [4.69, 9.17) is 12.2 Å². The van der Waals surface area contributed by atoms with Gasteiger partial charge in [0.1, 0.15) is 11.4 Å². The van der Waals surface area contributed by atoms with Crippen LogP contribution in [0.3, 0.4) is 0 Å². The van der Waals surface area contributed by atoms with Crippen molar-refractivity contribution in [1.82, 2.24) is 9.88 Å². The molecule has 1 aliphatic heterocycles. The largest absolute Gasteiger partial charge is 0.344 e. The Morgan fingerprint density at radius 2 is 1.76 bits per heavy atom.